The molecule has 2 aromatic heterocycles. The van der Waals surface area contributed by atoms with Crippen LogP contribution in [0.25, 0.3) is 111 Å². The summed E-state index contributed by atoms with van der Waals surface area (Å²) in [5.74, 6) is 0.696. The molecule has 3 heteroatoms. The summed E-state index contributed by atoms with van der Waals surface area (Å²) in [6.07, 6.45) is 0. The Balaban J connectivity index is 1.01. The maximum atomic E-state index is 6.22. The standard InChI is InChI=1S/C57H38N2O/c1-57(2)48-23-12-22-45(54(48)47-32-38-16-6-7-17-39(38)33-49(47)57)43-30-31-44(42-19-9-8-18-41(42)43)51-34-50(58-56(59-51)37-14-4-3-5-15-37)36-28-26-35(27-29-36)40-21-13-25-53-55(40)46-20-10-11-24-52(46)60-53/h3-34H,1-2H3. The Hall–Kier alpha value is -7.62. The van der Waals surface area contributed by atoms with Gasteiger partial charge in [0.25, 0.3) is 0 Å². The Morgan fingerprint density at radius 3 is 1.82 bits per heavy atom. The van der Waals surface area contributed by atoms with Gasteiger partial charge in [0.15, 0.2) is 5.82 Å². The number of para-hydroxylation sites is 1. The molecule has 1 aliphatic rings. The highest BCUT2D eigenvalue weighted by Crippen LogP contribution is 2.54. The van der Waals surface area contributed by atoms with Crippen LogP contribution in [0.3, 0.4) is 0 Å². The van der Waals surface area contributed by atoms with E-state index in [-0.39, 0.29) is 5.41 Å². The number of fused-ring (bicyclic) bond motifs is 8. The lowest BCUT2D eigenvalue weighted by Crippen LogP contribution is -2.14. The third-order valence-corrected chi connectivity index (χ3v) is 12.7. The average Bonchev–Trinajstić information content (AvgIpc) is 3.80. The van der Waals surface area contributed by atoms with Crippen molar-refractivity contribution in [1.82, 2.24) is 9.97 Å². The second kappa shape index (κ2) is 13.2. The third-order valence-electron chi connectivity index (χ3n) is 12.7. The van der Waals surface area contributed by atoms with Crippen molar-refractivity contribution in [2.24, 2.45) is 0 Å². The van der Waals surface area contributed by atoms with Crippen molar-refractivity contribution in [1.29, 1.82) is 0 Å². The summed E-state index contributed by atoms with van der Waals surface area (Å²) >= 11 is 0. The fraction of sp³-hybridized carbons (Fsp3) is 0.0526. The van der Waals surface area contributed by atoms with Gasteiger partial charge in [-0.25, -0.2) is 9.97 Å². The predicted molar refractivity (Wildman–Crippen MR) is 249 cm³/mol. The minimum absolute atomic E-state index is 0.120. The normalized spacial score (nSPS) is 13.0. The van der Waals surface area contributed by atoms with E-state index in [0.29, 0.717) is 5.82 Å². The van der Waals surface area contributed by atoms with E-state index < -0.39 is 0 Å². The van der Waals surface area contributed by atoms with Crippen molar-refractivity contribution >= 4 is 43.5 Å². The maximum absolute atomic E-state index is 6.22. The molecule has 0 spiro atoms. The van der Waals surface area contributed by atoms with Crippen LogP contribution in [0.2, 0.25) is 0 Å². The number of hydrogen-bond donors (Lipinski definition) is 0. The molecular formula is C57H38N2O. The summed E-state index contributed by atoms with van der Waals surface area (Å²) in [6.45, 7) is 4.73. The first-order valence-corrected chi connectivity index (χ1v) is 20.6. The van der Waals surface area contributed by atoms with Gasteiger partial charge in [-0.05, 0) is 96.4 Å². The monoisotopic (exact) mass is 766 g/mol. The molecule has 11 aromatic rings. The van der Waals surface area contributed by atoms with Crippen molar-refractivity contribution in [2.45, 2.75) is 19.3 Å². The second-order valence-electron chi connectivity index (χ2n) is 16.5. The predicted octanol–water partition coefficient (Wildman–Crippen LogP) is 15.3. The second-order valence-corrected chi connectivity index (χ2v) is 16.5. The highest BCUT2D eigenvalue weighted by molar-refractivity contribution is 6.13. The first kappa shape index (κ1) is 34.4. The van der Waals surface area contributed by atoms with Gasteiger partial charge in [-0.3, -0.25) is 0 Å². The minimum atomic E-state index is -0.120. The Kier molecular flexibility index (Phi) is 7.58. The lowest BCUT2D eigenvalue weighted by molar-refractivity contribution is 0.661. The van der Waals surface area contributed by atoms with E-state index in [2.05, 4.69) is 172 Å². The molecule has 0 N–H and O–H groups in total. The van der Waals surface area contributed by atoms with Crippen molar-refractivity contribution in [3.8, 4) is 67.3 Å². The van der Waals surface area contributed by atoms with Crippen LogP contribution in [0, 0.1) is 0 Å². The molecule has 282 valence electrons. The SMILES string of the molecule is CC1(C)c2cc3ccccc3cc2-c2c(-c3ccc(-c4cc(-c5ccc(-c6cccc7oc8ccccc8c67)cc5)nc(-c5ccccc5)n4)c4ccccc34)cccc21. The van der Waals surface area contributed by atoms with Gasteiger partial charge in [-0.15, -0.1) is 0 Å². The summed E-state index contributed by atoms with van der Waals surface area (Å²) in [7, 11) is 0. The van der Waals surface area contributed by atoms with Gasteiger partial charge in [0, 0.05) is 32.9 Å². The number of aromatic nitrogens is 2. The van der Waals surface area contributed by atoms with Gasteiger partial charge in [0.05, 0.1) is 11.4 Å². The van der Waals surface area contributed by atoms with E-state index in [1.165, 1.54) is 49.5 Å². The van der Waals surface area contributed by atoms with Gasteiger partial charge < -0.3 is 4.42 Å². The molecule has 3 nitrogen and oxygen atoms in total. The molecule has 0 saturated carbocycles. The first-order valence-electron chi connectivity index (χ1n) is 20.6. The van der Waals surface area contributed by atoms with Crippen LogP contribution in [0.4, 0.5) is 0 Å². The van der Waals surface area contributed by atoms with Crippen molar-refractivity contribution in [3.63, 3.8) is 0 Å². The zero-order chi connectivity index (χ0) is 40.0. The number of nitrogens with zero attached hydrogens (tertiary/aromatic N) is 2. The molecule has 1 aliphatic carbocycles. The van der Waals surface area contributed by atoms with Gasteiger partial charge in [-0.2, -0.15) is 0 Å². The highest BCUT2D eigenvalue weighted by Gasteiger charge is 2.37. The van der Waals surface area contributed by atoms with E-state index in [4.69, 9.17) is 14.4 Å². The Morgan fingerprint density at radius 2 is 1.00 bits per heavy atom. The van der Waals surface area contributed by atoms with Crippen LogP contribution in [-0.4, -0.2) is 9.97 Å². The van der Waals surface area contributed by atoms with E-state index in [1.54, 1.807) is 0 Å². The fourth-order valence-electron chi connectivity index (χ4n) is 9.74. The molecule has 0 unspecified atom stereocenters. The molecular weight excluding hydrogens is 729 g/mol. The molecule has 0 amide bonds. The lowest BCUT2D eigenvalue weighted by atomic mass is 9.81. The number of benzene rings is 9. The highest BCUT2D eigenvalue weighted by atomic mass is 16.3. The smallest absolute Gasteiger partial charge is 0.160 e. The zero-order valence-electron chi connectivity index (χ0n) is 33.3. The third kappa shape index (κ3) is 5.29. The first-order chi connectivity index (χ1) is 29.5. The van der Waals surface area contributed by atoms with Gasteiger partial charge in [-0.1, -0.05) is 178 Å². The van der Waals surface area contributed by atoms with Crippen LogP contribution in [0.1, 0.15) is 25.0 Å². The Labute approximate surface area is 348 Å². The molecule has 0 fully saturated rings. The van der Waals surface area contributed by atoms with Crippen LogP contribution in [0.15, 0.2) is 199 Å². The summed E-state index contributed by atoms with van der Waals surface area (Å²) in [6, 6.07) is 69.5. The molecule has 9 aromatic carbocycles. The fourth-order valence-corrected chi connectivity index (χ4v) is 9.74. The van der Waals surface area contributed by atoms with Crippen molar-refractivity contribution in [2.75, 3.05) is 0 Å². The van der Waals surface area contributed by atoms with E-state index in [1.807, 2.05) is 36.4 Å². The summed E-state index contributed by atoms with van der Waals surface area (Å²) in [5, 5.41) is 7.16. The summed E-state index contributed by atoms with van der Waals surface area (Å²) in [5.41, 5.74) is 16.7. The van der Waals surface area contributed by atoms with E-state index in [9.17, 15) is 0 Å². The number of furan rings is 1. The number of rotatable bonds is 5. The van der Waals surface area contributed by atoms with Gasteiger partial charge >= 0.3 is 0 Å². The zero-order valence-corrected chi connectivity index (χ0v) is 33.3. The Morgan fingerprint density at radius 1 is 0.383 bits per heavy atom. The van der Waals surface area contributed by atoms with Crippen molar-refractivity contribution in [3.05, 3.63) is 205 Å². The van der Waals surface area contributed by atoms with Crippen LogP contribution in [0.5, 0.6) is 0 Å². The quantitative estimate of drug-likeness (QED) is 0.175. The largest absolute Gasteiger partial charge is 0.456 e. The molecule has 0 saturated heterocycles. The van der Waals surface area contributed by atoms with Crippen molar-refractivity contribution < 1.29 is 4.42 Å². The van der Waals surface area contributed by atoms with E-state index >= 15 is 0 Å². The van der Waals surface area contributed by atoms with Crippen LogP contribution >= 0.6 is 0 Å². The molecule has 12 rings (SSSR count). The summed E-state index contributed by atoms with van der Waals surface area (Å²) < 4.78 is 6.22. The Bertz CT molecular complexity index is 3500. The van der Waals surface area contributed by atoms with Gasteiger partial charge in [0.2, 0.25) is 0 Å². The average molecular weight is 767 g/mol. The summed E-state index contributed by atoms with van der Waals surface area (Å²) in [4.78, 5) is 10.5. The molecule has 0 radical (unpaired) electrons. The molecule has 0 atom stereocenters. The number of hydrogen-bond acceptors (Lipinski definition) is 3. The minimum Gasteiger partial charge on any atom is -0.456 e. The molecule has 2 heterocycles. The lowest BCUT2D eigenvalue weighted by Gasteiger charge is -2.22. The van der Waals surface area contributed by atoms with E-state index in [0.717, 1.165) is 66.5 Å². The van der Waals surface area contributed by atoms with Gasteiger partial charge in [0.1, 0.15) is 11.2 Å². The molecule has 0 bridgehead atoms. The molecule has 60 heavy (non-hydrogen) atoms. The van der Waals surface area contributed by atoms with Crippen LogP contribution in [-0.2, 0) is 5.41 Å². The maximum Gasteiger partial charge on any atom is 0.160 e. The van der Waals surface area contributed by atoms with Crippen LogP contribution < -0.4 is 0 Å². The topological polar surface area (TPSA) is 38.9 Å². The molecule has 0 aliphatic heterocycles.